The Labute approximate surface area is 227 Å². The number of fused-ring (bicyclic) bond motifs is 3. The normalized spacial score (nSPS) is 14.2. The van der Waals surface area contributed by atoms with E-state index in [0.717, 1.165) is 72.2 Å². The van der Waals surface area contributed by atoms with Crippen molar-refractivity contribution in [1.29, 1.82) is 0 Å². The second-order valence-corrected chi connectivity index (χ2v) is 9.55. The number of benzene rings is 3. The summed E-state index contributed by atoms with van der Waals surface area (Å²) in [6.45, 7) is 6.96. The van der Waals surface area contributed by atoms with Gasteiger partial charge in [0.05, 0.1) is 0 Å². The van der Waals surface area contributed by atoms with Crippen LogP contribution in [0.4, 0.5) is 17.2 Å². The number of rotatable bonds is 6. The predicted molar refractivity (Wildman–Crippen MR) is 155 cm³/mol. The monoisotopic (exact) mass is 533 g/mol. The third kappa shape index (κ3) is 5.23. The first-order chi connectivity index (χ1) is 17.7. The first-order valence-electron chi connectivity index (χ1n) is 12.4. The molecule has 1 aliphatic heterocycles. The molecule has 5 aromatic rings. The first-order valence-corrected chi connectivity index (χ1v) is 12.8. The van der Waals surface area contributed by atoms with Gasteiger partial charge in [0.25, 0.3) is 0 Å². The molecule has 2 aromatic heterocycles. The van der Waals surface area contributed by atoms with Gasteiger partial charge >= 0.3 is 0 Å². The minimum Gasteiger partial charge on any atom is -0.450 e. The van der Waals surface area contributed by atoms with Crippen molar-refractivity contribution in [1.82, 2.24) is 14.9 Å². The van der Waals surface area contributed by atoms with Crippen LogP contribution >= 0.6 is 24.0 Å². The summed E-state index contributed by atoms with van der Waals surface area (Å²) < 4.78 is 6.13. The summed E-state index contributed by atoms with van der Waals surface area (Å²) >= 11 is 6.35. The molecule has 8 heteroatoms. The van der Waals surface area contributed by atoms with Crippen molar-refractivity contribution < 1.29 is 4.42 Å². The highest BCUT2D eigenvalue weighted by Crippen LogP contribution is 2.33. The summed E-state index contributed by atoms with van der Waals surface area (Å²) in [7, 11) is 0. The van der Waals surface area contributed by atoms with Crippen LogP contribution in [0.2, 0.25) is 5.02 Å². The average molecular weight is 534 g/mol. The highest BCUT2D eigenvalue weighted by atomic mass is 35.5. The van der Waals surface area contributed by atoms with E-state index in [4.69, 9.17) is 26.0 Å². The van der Waals surface area contributed by atoms with E-state index in [9.17, 15) is 0 Å². The highest BCUT2D eigenvalue weighted by molar-refractivity contribution is 6.31. The van der Waals surface area contributed by atoms with Gasteiger partial charge in [0, 0.05) is 60.9 Å². The van der Waals surface area contributed by atoms with Crippen molar-refractivity contribution in [2.75, 3.05) is 36.4 Å². The lowest BCUT2D eigenvalue weighted by Gasteiger charge is -2.36. The zero-order valence-corrected chi connectivity index (χ0v) is 22.2. The lowest BCUT2D eigenvalue weighted by Crippen LogP contribution is -2.46. The second-order valence-electron chi connectivity index (χ2n) is 9.14. The van der Waals surface area contributed by atoms with Gasteiger partial charge in [0.1, 0.15) is 16.9 Å². The van der Waals surface area contributed by atoms with Gasteiger partial charge < -0.3 is 14.6 Å². The molecule has 0 atom stereocenters. The third-order valence-corrected chi connectivity index (χ3v) is 7.17. The smallest absolute Gasteiger partial charge is 0.196 e. The van der Waals surface area contributed by atoms with Crippen molar-refractivity contribution in [2.45, 2.75) is 19.9 Å². The van der Waals surface area contributed by atoms with E-state index >= 15 is 0 Å². The number of hydrogen-bond acceptors (Lipinski definition) is 6. The molecule has 1 N–H and O–H groups in total. The van der Waals surface area contributed by atoms with Crippen LogP contribution in [0.15, 0.2) is 77.2 Å². The topological polar surface area (TPSA) is 57.4 Å². The van der Waals surface area contributed by atoms with Crippen LogP contribution in [0.25, 0.3) is 22.1 Å². The zero-order valence-electron chi connectivity index (χ0n) is 20.7. The molecular formula is C29H29Cl2N5O. The van der Waals surface area contributed by atoms with Crippen molar-refractivity contribution in [2.24, 2.45) is 0 Å². The minimum atomic E-state index is 0. The summed E-state index contributed by atoms with van der Waals surface area (Å²) in [5.74, 6) is 1.50. The number of halogens is 2. The van der Waals surface area contributed by atoms with Crippen molar-refractivity contribution in [3.05, 3.63) is 89.2 Å². The number of para-hydroxylation sites is 1. The van der Waals surface area contributed by atoms with Gasteiger partial charge in [-0.3, -0.25) is 4.90 Å². The first kappa shape index (κ1) is 25.3. The highest BCUT2D eigenvalue weighted by Gasteiger charge is 2.19. The van der Waals surface area contributed by atoms with Gasteiger partial charge in [-0.25, -0.2) is 9.97 Å². The lowest BCUT2D eigenvalue weighted by molar-refractivity contribution is 0.250. The molecule has 0 aliphatic carbocycles. The molecule has 3 aromatic carbocycles. The molecular weight excluding hydrogens is 505 g/mol. The van der Waals surface area contributed by atoms with E-state index in [1.807, 2.05) is 36.4 Å². The van der Waals surface area contributed by atoms with Crippen LogP contribution in [0.5, 0.6) is 0 Å². The van der Waals surface area contributed by atoms with Gasteiger partial charge in [-0.15, -0.1) is 12.4 Å². The second kappa shape index (κ2) is 11.0. The van der Waals surface area contributed by atoms with Gasteiger partial charge in [-0.05, 0) is 48.0 Å². The molecule has 0 saturated carbocycles. The molecule has 1 aliphatic rings. The number of aryl methyl sites for hydroxylation is 1. The summed E-state index contributed by atoms with van der Waals surface area (Å²) in [6.07, 6.45) is 0.755. The molecule has 0 spiro atoms. The largest absolute Gasteiger partial charge is 0.450 e. The van der Waals surface area contributed by atoms with E-state index < -0.39 is 0 Å². The number of aromatic nitrogens is 2. The van der Waals surface area contributed by atoms with Crippen molar-refractivity contribution in [3.63, 3.8) is 0 Å². The molecule has 0 amide bonds. The van der Waals surface area contributed by atoms with Gasteiger partial charge in [-0.1, -0.05) is 48.9 Å². The van der Waals surface area contributed by atoms with E-state index in [2.05, 4.69) is 58.4 Å². The van der Waals surface area contributed by atoms with Crippen LogP contribution < -0.4 is 10.2 Å². The Kier molecular flexibility index (Phi) is 7.51. The molecule has 3 heterocycles. The fourth-order valence-electron chi connectivity index (χ4n) is 4.80. The Morgan fingerprint density at radius 3 is 2.38 bits per heavy atom. The zero-order chi connectivity index (χ0) is 24.5. The Morgan fingerprint density at radius 1 is 0.892 bits per heavy atom. The lowest BCUT2D eigenvalue weighted by atomic mass is 10.2. The molecule has 37 heavy (non-hydrogen) atoms. The Morgan fingerprint density at radius 2 is 1.62 bits per heavy atom. The van der Waals surface area contributed by atoms with E-state index in [-0.39, 0.29) is 12.4 Å². The van der Waals surface area contributed by atoms with Crippen molar-refractivity contribution >= 4 is 63.3 Å². The Bertz CT molecular complexity index is 1510. The third-order valence-electron chi connectivity index (χ3n) is 6.80. The van der Waals surface area contributed by atoms with Crippen LogP contribution in [-0.4, -0.2) is 41.0 Å². The molecule has 1 fully saturated rings. The number of hydrogen-bond donors (Lipinski definition) is 1. The summed E-state index contributed by atoms with van der Waals surface area (Å²) in [5.41, 5.74) is 5.75. The van der Waals surface area contributed by atoms with E-state index in [1.165, 1.54) is 11.3 Å². The van der Waals surface area contributed by atoms with Crippen LogP contribution in [0.1, 0.15) is 18.3 Å². The van der Waals surface area contributed by atoms with Gasteiger partial charge in [0.15, 0.2) is 11.4 Å². The summed E-state index contributed by atoms with van der Waals surface area (Å²) in [4.78, 5) is 14.4. The molecule has 0 bridgehead atoms. The molecule has 0 radical (unpaired) electrons. The minimum absolute atomic E-state index is 0. The number of anilines is 3. The quantitative estimate of drug-likeness (QED) is 0.251. The maximum atomic E-state index is 6.35. The maximum absolute atomic E-state index is 6.35. The number of furan rings is 1. The molecule has 6 nitrogen and oxygen atoms in total. The maximum Gasteiger partial charge on any atom is 0.196 e. The Balaban J connectivity index is 0.00000280. The fraction of sp³-hybridized carbons (Fsp3) is 0.241. The van der Waals surface area contributed by atoms with Crippen LogP contribution in [-0.2, 0) is 13.0 Å². The number of nitrogens with zero attached hydrogens (tertiary/aromatic N) is 4. The molecule has 1 saturated heterocycles. The predicted octanol–water partition coefficient (Wildman–Crippen LogP) is 7.08. The van der Waals surface area contributed by atoms with E-state index in [0.29, 0.717) is 11.4 Å². The van der Waals surface area contributed by atoms with Crippen LogP contribution in [0.3, 0.4) is 0 Å². The molecule has 190 valence electrons. The number of piperazine rings is 1. The number of nitrogens with one attached hydrogen (secondary N) is 1. The standard InChI is InChI=1S/C29H28ClN5O.ClH/c1-2-26-32-27-23-8-4-6-10-25(23)36-28(27)29(33-26)31-21-11-13-22(14-12-21)35-17-15-34(16-18-35)19-20-7-3-5-9-24(20)30;/h3-14H,2,15-19H2,1H3,(H,31,32,33);1H. The SMILES string of the molecule is CCc1nc(Nc2ccc(N3CCN(Cc4ccccc4Cl)CC3)cc2)c2oc3ccccc3c2n1.Cl. The molecule has 6 rings (SSSR count). The average Bonchev–Trinajstić information content (AvgIpc) is 3.30. The van der Waals surface area contributed by atoms with Crippen molar-refractivity contribution in [3.8, 4) is 0 Å². The summed E-state index contributed by atoms with van der Waals surface area (Å²) in [6, 6.07) is 24.7. The van der Waals surface area contributed by atoms with Gasteiger partial charge in [-0.2, -0.15) is 0 Å². The van der Waals surface area contributed by atoms with Crippen LogP contribution in [0, 0.1) is 0 Å². The fourth-order valence-corrected chi connectivity index (χ4v) is 5.00. The van der Waals surface area contributed by atoms with E-state index in [1.54, 1.807) is 0 Å². The van der Waals surface area contributed by atoms with Gasteiger partial charge in [0.2, 0.25) is 0 Å². The molecule has 0 unspecified atom stereocenters. The Hall–Kier alpha value is -3.32. The summed E-state index contributed by atoms with van der Waals surface area (Å²) in [5, 5.41) is 5.32.